The molecule has 98 valence electrons. The van der Waals surface area contributed by atoms with Crippen molar-refractivity contribution < 1.29 is 0 Å². The number of rotatable bonds is 9. The van der Waals surface area contributed by atoms with E-state index in [1.54, 1.807) is 0 Å². The Morgan fingerprint density at radius 1 is 1.12 bits per heavy atom. The van der Waals surface area contributed by atoms with Crippen molar-refractivity contribution in [2.24, 2.45) is 5.73 Å². The second-order valence-electron chi connectivity index (χ2n) is 4.67. The van der Waals surface area contributed by atoms with Crippen molar-refractivity contribution in [3.8, 4) is 0 Å². The van der Waals surface area contributed by atoms with Gasteiger partial charge in [-0.2, -0.15) is 0 Å². The van der Waals surface area contributed by atoms with Crippen molar-refractivity contribution in [2.45, 2.75) is 65.3 Å². The molecular formula is C14H27N3. The Kier molecular flexibility index (Phi) is 6.94. The number of unbranched alkanes of at least 4 members (excludes halogenated alkanes) is 2. The third-order valence-electron chi connectivity index (χ3n) is 3.15. The molecule has 0 spiro atoms. The Morgan fingerprint density at radius 2 is 1.88 bits per heavy atom. The summed E-state index contributed by atoms with van der Waals surface area (Å²) in [7, 11) is 0. The monoisotopic (exact) mass is 237 g/mol. The molecule has 0 fully saturated rings. The van der Waals surface area contributed by atoms with Crippen LogP contribution in [0.2, 0.25) is 0 Å². The highest BCUT2D eigenvalue weighted by atomic mass is 15.1. The van der Waals surface area contributed by atoms with E-state index in [0.29, 0.717) is 0 Å². The molecule has 3 heteroatoms. The third kappa shape index (κ3) is 4.50. The lowest BCUT2D eigenvalue weighted by atomic mass is 10.2. The van der Waals surface area contributed by atoms with E-state index in [2.05, 4.69) is 29.6 Å². The fourth-order valence-electron chi connectivity index (χ4n) is 2.06. The molecule has 0 amide bonds. The van der Waals surface area contributed by atoms with Crippen LogP contribution in [-0.2, 0) is 19.4 Å². The zero-order chi connectivity index (χ0) is 12.5. The van der Waals surface area contributed by atoms with Crippen LogP contribution in [0.1, 0.15) is 57.5 Å². The van der Waals surface area contributed by atoms with Crippen LogP contribution in [0, 0.1) is 0 Å². The molecule has 1 rings (SSSR count). The number of hydrogen-bond donors (Lipinski definition) is 1. The van der Waals surface area contributed by atoms with E-state index in [1.807, 2.05) is 0 Å². The molecule has 0 radical (unpaired) electrons. The molecule has 1 aromatic rings. The van der Waals surface area contributed by atoms with Crippen LogP contribution in [0.25, 0.3) is 0 Å². The topological polar surface area (TPSA) is 43.8 Å². The zero-order valence-corrected chi connectivity index (χ0v) is 11.4. The highest BCUT2D eigenvalue weighted by Gasteiger charge is 2.08. The summed E-state index contributed by atoms with van der Waals surface area (Å²) >= 11 is 0. The van der Waals surface area contributed by atoms with Gasteiger partial charge in [-0.3, -0.25) is 0 Å². The second-order valence-corrected chi connectivity index (χ2v) is 4.67. The lowest BCUT2D eigenvalue weighted by Crippen LogP contribution is -2.09. The maximum atomic E-state index is 5.58. The SMILES string of the molecule is CCCCc1ncc(CCCN)n1CCCC. The van der Waals surface area contributed by atoms with Crippen molar-refractivity contribution in [3.63, 3.8) is 0 Å². The smallest absolute Gasteiger partial charge is 0.108 e. The van der Waals surface area contributed by atoms with Crippen LogP contribution in [-0.4, -0.2) is 16.1 Å². The largest absolute Gasteiger partial charge is 0.332 e. The van der Waals surface area contributed by atoms with Crippen LogP contribution in [0.5, 0.6) is 0 Å². The normalized spacial score (nSPS) is 11.0. The molecule has 2 N–H and O–H groups in total. The Morgan fingerprint density at radius 3 is 2.53 bits per heavy atom. The van der Waals surface area contributed by atoms with Crippen LogP contribution < -0.4 is 5.73 Å². The maximum Gasteiger partial charge on any atom is 0.108 e. The quantitative estimate of drug-likeness (QED) is 0.717. The van der Waals surface area contributed by atoms with Gasteiger partial charge in [0, 0.05) is 24.9 Å². The van der Waals surface area contributed by atoms with Crippen molar-refractivity contribution in [3.05, 3.63) is 17.7 Å². The zero-order valence-electron chi connectivity index (χ0n) is 11.4. The summed E-state index contributed by atoms with van der Waals surface area (Å²) in [5, 5.41) is 0. The number of imidazole rings is 1. The van der Waals surface area contributed by atoms with E-state index in [4.69, 9.17) is 5.73 Å². The molecule has 0 atom stereocenters. The van der Waals surface area contributed by atoms with E-state index in [-0.39, 0.29) is 0 Å². The second kappa shape index (κ2) is 8.29. The predicted octanol–water partition coefficient (Wildman–Crippen LogP) is 2.92. The summed E-state index contributed by atoms with van der Waals surface area (Å²) in [6.07, 6.45) is 10.2. The minimum Gasteiger partial charge on any atom is -0.332 e. The Labute approximate surface area is 105 Å². The fraction of sp³-hybridized carbons (Fsp3) is 0.786. The van der Waals surface area contributed by atoms with E-state index in [0.717, 1.165) is 32.4 Å². The first kappa shape index (κ1) is 14.2. The third-order valence-corrected chi connectivity index (χ3v) is 3.15. The summed E-state index contributed by atoms with van der Waals surface area (Å²) in [4.78, 5) is 4.58. The highest BCUT2D eigenvalue weighted by Crippen LogP contribution is 2.12. The first-order valence-electron chi connectivity index (χ1n) is 7.06. The molecule has 3 nitrogen and oxygen atoms in total. The molecule has 0 aliphatic carbocycles. The molecular weight excluding hydrogens is 210 g/mol. The predicted molar refractivity (Wildman–Crippen MR) is 73.1 cm³/mol. The minimum atomic E-state index is 0.767. The number of aryl methyl sites for hydroxylation is 2. The van der Waals surface area contributed by atoms with Gasteiger partial charge < -0.3 is 10.3 Å². The first-order chi connectivity index (χ1) is 8.33. The summed E-state index contributed by atoms with van der Waals surface area (Å²) in [5.41, 5.74) is 6.95. The van der Waals surface area contributed by atoms with Gasteiger partial charge in [0.05, 0.1) is 0 Å². The lowest BCUT2D eigenvalue weighted by Gasteiger charge is -2.11. The molecule has 17 heavy (non-hydrogen) atoms. The summed E-state index contributed by atoms with van der Waals surface area (Å²) in [6.45, 7) is 6.36. The standard InChI is InChI=1S/C14H27N3/c1-3-5-9-14-16-12-13(8-7-10-15)17(14)11-6-4-2/h12H,3-11,15H2,1-2H3. The minimum absolute atomic E-state index is 0.767. The summed E-state index contributed by atoms with van der Waals surface area (Å²) < 4.78 is 2.43. The highest BCUT2D eigenvalue weighted by molar-refractivity contribution is 5.06. The van der Waals surface area contributed by atoms with Gasteiger partial charge in [-0.05, 0) is 32.2 Å². The van der Waals surface area contributed by atoms with Gasteiger partial charge in [-0.25, -0.2) is 4.98 Å². The van der Waals surface area contributed by atoms with Gasteiger partial charge >= 0.3 is 0 Å². The van der Waals surface area contributed by atoms with E-state index in [9.17, 15) is 0 Å². The van der Waals surface area contributed by atoms with Crippen molar-refractivity contribution in [1.82, 2.24) is 9.55 Å². The van der Waals surface area contributed by atoms with Crippen LogP contribution in [0.15, 0.2) is 6.20 Å². The molecule has 0 saturated heterocycles. The molecule has 0 aliphatic heterocycles. The molecule has 0 aromatic carbocycles. The Balaban J connectivity index is 2.70. The van der Waals surface area contributed by atoms with Gasteiger partial charge in [-0.1, -0.05) is 26.7 Å². The average Bonchev–Trinajstić information content (AvgIpc) is 2.73. The summed E-state index contributed by atoms with van der Waals surface area (Å²) in [5.74, 6) is 1.27. The van der Waals surface area contributed by atoms with E-state index in [1.165, 1.54) is 37.2 Å². The van der Waals surface area contributed by atoms with Crippen LogP contribution in [0.3, 0.4) is 0 Å². The number of nitrogens with two attached hydrogens (primary N) is 1. The average molecular weight is 237 g/mol. The number of aromatic nitrogens is 2. The Bertz CT molecular complexity index is 279. The van der Waals surface area contributed by atoms with Gasteiger partial charge in [0.15, 0.2) is 0 Å². The van der Waals surface area contributed by atoms with Gasteiger partial charge in [-0.15, -0.1) is 0 Å². The molecule has 0 saturated carbocycles. The van der Waals surface area contributed by atoms with Gasteiger partial charge in [0.2, 0.25) is 0 Å². The van der Waals surface area contributed by atoms with Crippen LogP contribution >= 0.6 is 0 Å². The Hall–Kier alpha value is -0.830. The number of nitrogens with zero attached hydrogens (tertiary/aromatic N) is 2. The lowest BCUT2D eigenvalue weighted by molar-refractivity contribution is 0.567. The van der Waals surface area contributed by atoms with Gasteiger partial charge in [0.25, 0.3) is 0 Å². The van der Waals surface area contributed by atoms with Crippen molar-refractivity contribution >= 4 is 0 Å². The first-order valence-corrected chi connectivity index (χ1v) is 7.06. The number of hydrogen-bond acceptors (Lipinski definition) is 2. The maximum absolute atomic E-state index is 5.58. The molecule has 1 heterocycles. The van der Waals surface area contributed by atoms with Crippen molar-refractivity contribution in [1.29, 1.82) is 0 Å². The summed E-state index contributed by atoms with van der Waals surface area (Å²) in [6, 6.07) is 0. The van der Waals surface area contributed by atoms with Gasteiger partial charge in [0.1, 0.15) is 5.82 Å². The van der Waals surface area contributed by atoms with Crippen molar-refractivity contribution in [2.75, 3.05) is 6.54 Å². The van der Waals surface area contributed by atoms with E-state index < -0.39 is 0 Å². The van der Waals surface area contributed by atoms with E-state index >= 15 is 0 Å². The molecule has 0 aliphatic rings. The molecule has 0 unspecified atom stereocenters. The fourth-order valence-corrected chi connectivity index (χ4v) is 2.06. The molecule has 0 bridgehead atoms. The van der Waals surface area contributed by atoms with Crippen LogP contribution in [0.4, 0.5) is 0 Å². The molecule has 1 aromatic heterocycles.